The van der Waals surface area contributed by atoms with E-state index in [9.17, 15) is 0 Å². The molecule has 1 N–H and O–H groups in total. The minimum absolute atomic E-state index is 0.452. The van der Waals surface area contributed by atoms with Gasteiger partial charge in [-0.2, -0.15) is 0 Å². The molecule has 1 aromatic carbocycles. The Morgan fingerprint density at radius 2 is 2.26 bits per heavy atom. The quantitative estimate of drug-likeness (QED) is 0.519. The molecular formula is C13H14N2O3S. The Hall–Kier alpha value is -2.08. The predicted molar refractivity (Wildman–Crippen MR) is 73.4 cm³/mol. The van der Waals surface area contributed by atoms with Crippen LogP contribution >= 0.6 is 11.3 Å². The van der Waals surface area contributed by atoms with Crippen LogP contribution in [0.3, 0.4) is 0 Å². The summed E-state index contributed by atoms with van der Waals surface area (Å²) < 4.78 is 11.0. The molecule has 0 fully saturated rings. The molecule has 0 atom stereocenters. The maximum absolute atomic E-state index is 8.76. The van der Waals surface area contributed by atoms with Gasteiger partial charge in [0.1, 0.15) is 6.61 Å². The van der Waals surface area contributed by atoms with E-state index in [1.807, 2.05) is 6.07 Å². The highest BCUT2D eigenvalue weighted by molar-refractivity contribution is 7.09. The second-order valence-electron chi connectivity index (χ2n) is 3.81. The van der Waals surface area contributed by atoms with Gasteiger partial charge >= 0.3 is 0 Å². The SMILES string of the molecule is COc1cc(/C(C)=N/O)ccc1OCc1cncs1. The number of hydrogen-bond donors (Lipinski definition) is 1. The van der Waals surface area contributed by atoms with Gasteiger partial charge in [0.05, 0.1) is 23.2 Å². The molecule has 0 bridgehead atoms. The van der Waals surface area contributed by atoms with Gasteiger partial charge < -0.3 is 14.7 Å². The Morgan fingerprint density at radius 3 is 2.89 bits per heavy atom. The van der Waals surface area contributed by atoms with Crippen molar-refractivity contribution in [1.29, 1.82) is 0 Å². The van der Waals surface area contributed by atoms with Crippen LogP contribution in [-0.2, 0) is 6.61 Å². The Labute approximate surface area is 115 Å². The largest absolute Gasteiger partial charge is 0.493 e. The first-order chi connectivity index (χ1) is 9.24. The lowest BCUT2D eigenvalue weighted by molar-refractivity contribution is 0.287. The van der Waals surface area contributed by atoms with E-state index in [0.29, 0.717) is 23.8 Å². The molecule has 1 heterocycles. The van der Waals surface area contributed by atoms with Crippen molar-refractivity contribution < 1.29 is 14.7 Å². The number of oxime groups is 1. The molecule has 5 nitrogen and oxygen atoms in total. The third-order valence-electron chi connectivity index (χ3n) is 2.58. The average molecular weight is 278 g/mol. The number of benzene rings is 1. The van der Waals surface area contributed by atoms with Crippen molar-refractivity contribution in [3.05, 3.63) is 40.3 Å². The molecule has 19 heavy (non-hydrogen) atoms. The molecule has 0 saturated carbocycles. The summed E-state index contributed by atoms with van der Waals surface area (Å²) in [7, 11) is 1.57. The number of ether oxygens (including phenoxy) is 2. The molecule has 0 radical (unpaired) electrons. The summed E-state index contributed by atoms with van der Waals surface area (Å²) in [6, 6.07) is 5.39. The van der Waals surface area contributed by atoms with E-state index in [2.05, 4.69) is 10.1 Å². The Bertz CT molecular complexity index is 567. The molecule has 100 valence electrons. The maximum Gasteiger partial charge on any atom is 0.161 e. The molecular weight excluding hydrogens is 264 g/mol. The van der Waals surface area contributed by atoms with Crippen LogP contribution in [0.25, 0.3) is 0 Å². The minimum atomic E-state index is 0.452. The summed E-state index contributed by atoms with van der Waals surface area (Å²) in [5.74, 6) is 1.25. The predicted octanol–water partition coefficient (Wildman–Crippen LogP) is 2.93. The Kier molecular flexibility index (Phi) is 4.35. The lowest BCUT2D eigenvalue weighted by Crippen LogP contribution is -1.99. The first kappa shape index (κ1) is 13.4. The normalized spacial score (nSPS) is 11.4. The summed E-state index contributed by atoms with van der Waals surface area (Å²) in [5.41, 5.74) is 3.07. The van der Waals surface area contributed by atoms with Crippen molar-refractivity contribution in [2.75, 3.05) is 7.11 Å². The molecule has 2 rings (SSSR count). The second kappa shape index (κ2) is 6.19. The first-order valence-corrected chi connectivity index (χ1v) is 6.49. The van der Waals surface area contributed by atoms with Gasteiger partial charge in [0.15, 0.2) is 11.5 Å². The molecule has 0 aliphatic carbocycles. The molecule has 0 amide bonds. The Balaban J connectivity index is 2.16. The van der Waals surface area contributed by atoms with Crippen LogP contribution in [0, 0.1) is 0 Å². The van der Waals surface area contributed by atoms with Crippen LogP contribution in [0.15, 0.2) is 35.1 Å². The van der Waals surface area contributed by atoms with E-state index in [1.54, 1.807) is 37.9 Å². The van der Waals surface area contributed by atoms with Crippen molar-refractivity contribution in [1.82, 2.24) is 4.98 Å². The third kappa shape index (κ3) is 3.23. The molecule has 6 heteroatoms. The number of rotatable bonds is 5. The highest BCUT2D eigenvalue weighted by Gasteiger charge is 2.08. The van der Waals surface area contributed by atoms with Crippen molar-refractivity contribution in [3.8, 4) is 11.5 Å². The van der Waals surface area contributed by atoms with E-state index < -0.39 is 0 Å². The van der Waals surface area contributed by atoms with Gasteiger partial charge in [-0.15, -0.1) is 11.3 Å². The van der Waals surface area contributed by atoms with Crippen molar-refractivity contribution >= 4 is 17.0 Å². The minimum Gasteiger partial charge on any atom is -0.493 e. The van der Waals surface area contributed by atoms with E-state index in [0.717, 1.165) is 10.4 Å². The zero-order valence-corrected chi connectivity index (χ0v) is 11.5. The highest BCUT2D eigenvalue weighted by Crippen LogP contribution is 2.29. The number of aromatic nitrogens is 1. The van der Waals surface area contributed by atoms with Gasteiger partial charge in [0.25, 0.3) is 0 Å². The number of thiazole rings is 1. The van der Waals surface area contributed by atoms with Crippen LogP contribution in [-0.4, -0.2) is 23.0 Å². The van der Waals surface area contributed by atoms with Gasteiger partial charge in [-0.05, 0) is 25.1 Å². The summed E-state index contributed by atoms with van der Waals surface area (Å²) in [6.07, 6.45) is 1.77. The van der Waals surface area contributed by atoms with Gasteiger partial charge in [-0.25, -0.2) is 0 Å². The lowest BCUT2D eigenvalue weighted by Gasteiger charge is -2.11. The first-order valence-electron chi connectivity index (χ1n) is 5.62. The van der Waals surface area contributed by atoms with E-state index in [-0.39, 0.29) is 0 Å². The number of nitrogens with zero attached hydrogens (tertiary/aromatic N) is 2. The molecule has 2 aromatic rings. The van der Waals surface area contributed by atoms with Gasteiger partial charge in [0.2, 0.25) is 0 Å². The smallest absolute Gasteiger partial charge is 0.161 e. The van der Waals surface area contributed by atoms with Crippen molar-refractivity contribution in [3.63, 3.8) is 0 Å². The van der Waals surface area contributed by atoms with Crippen molar-refractivity contribution in [2.45, 2.75) is 13.5 Å². The molecule has 1 aromatic heterocycles. The molecule has 0 saturated heterocycles. The van der Waals surface area contributed by atoms with Gasteiger partial charge in [0, 0.05) is 11.8 Å². The monoisotopic (exact) mass is 278 g/mol. The third-order valence-corrected chi connectivity index (χ3v) is 3.34. The van der Waals surface area contributed by atoms with Crippen LogP contribution in [0.4, 0.5) is 0 Å². The summed E-state index contributed by atoms with van der Waals surface area (Å²) in [4.78, 5) is 5.03. The van der Waals surface area contributed by atoms with Crippen LogP contribution in [0.2, 0.25) is 0 Å². The van der Waals surface area contributed by atoms with E-state index in [4.69, 9.17) is 14.7 Å². The molecule has 0 aliphatic heterocycles. The molecule has 0 spiro atoms. The maximum atomic E-state index is 8.76. The highest BCUT2D eigenvalue weighted by atomic mass is 32.1. The zero-order chi connectivity index (χ0) is 13.7. The Morgan fingerprint density at radius 1 is 1.42 bits per heavy atom. The van der Waals surface area contributed by atoms with Crippen LogP contribution in [0.5, 0.6) is 11.5 Å². The lowest BCUT2D eigenvalue weighted by atomic mass is 10.1. The number of methoxy groups -OCH3 is 1. The average Bonchev–Trinajstić information content (AvgIpc) is 2.97. The number of hydrogen-bond acceptors (Lipinski definition) is 6. The van der Waals surface area contributed by atoms with Crippen LogP contribution in [0.1, 0.15) is 17.4 Å². The van der Waals surface area contributed by atoms with Crippen molar-refractivity contribution in [2.24, 2.45) is 5.16 Å². The van der Waals surface area contributed by atoms with E-state index >= 15 is 0 Å². The molecule has 0 unspecified atom stereocenters. The van der Waals surface area contributed by atoms with Crippen LogP contribution < -0.4 is 9.47 Å². The fourth-order valence-corrected chi connectivity index (χ4v) is 2.04. The zero-order valence-electron chi connectivity index (χ0n) is 10.7. The summed E-state index contributed by atoms with van der Waals surface area (Å²) in [5, 5.41) is 11.9. The van der Waals surface area contributed by atoms with Gasteiger partial charge in [-0.1, -0.05) is 5.16 Å². The molecule has 0 aliphatic rings. The topological polar surface area (TPSA) is 63.9 Å². The summed E-state index contributed by atoms with van der Waals surface area (Å²) in [6.45, 7) is 2.17. The fraction of sp³-hybridized carbons (Fsp3) is 0.231. The van der Waals surface area contributed by atoms with Gasteiger partial charge in [-0.3, -0.25) is 4.98 Å². The standard InChI is InChI=1S/C13H14N2O3S/c1-9(15-16)10-3-4-12(13(5-10)17-2)18-7-11-6-14-8-19-11/h3-6,8,16H,7H2,1-2H3/b15-9+. The second-order valence-corrected chi connectivity index (χ2v) is 4.78. The summed E-state index contributed by atoms with van der Waals surface area (Å²) >= 11 is 1.54. The van der Waals surface area contributed by atoms with E-state index in [1.165, 1.54) is 11.3 Å². The fourth-order valence-electron chi connectivity index (χ4n) is 1.53.